The summed E-state index contributed by atoms with van der Waals surface area (Å²) in [6, 6.07) is 1.95. The van der Waals surface area contributed by atoms with Gasteiger partial charge in [-0.2, -0.15) is 0 Å². The quantitative estimate of drug-likeness (QED) is 0.800. The molecule has 0 spiro atoms. The van der Waals surface area contributed by atoms with Gasteiger partial charge in [-0.15, -0.1) is 0 Å². The molecule has 0 radical (unpaired) electrons. The third-order valence-electron chi connectivity index (χ3n) is 1.28. The molecular weight excluding hydrogens is 237 g/mol. The second-order valence-corrected chi connectivity index (χ2v) is 3.04. The number of hydrogen-bond donors (Lipinski definition) is 1. The molecule has 5 heteroatoms. The summed E-state index contributed by atoms with van der Waals surface area (Å²) in [5.41, 5.74) is -0.804. The highest BCUT2D eigenvalue weighted by molar-refractivity contribution is 9.10. The Balaban J connectivity index is 3.28. The van der Waals surface area contributed by atoms with Gasteiger partial charge in [-0.3, -0.25) is 0 Å². The van der Waals surface area contributed by atoms with Crippen molar-refractivity contribution in [2.75, 3.05) is 0 Å². The summed E-state index contributed by atoms with van der Waals surface area (Å²) < 4.78 is 36.9. The van der Waals surface area contributed by atoms with E-state index >= 15 is 0 Å². The number of benzene rings is 1. The van der Waals surface area contributed by atoms with Crippen LogP contribution in [0.25, 0.3) is 0 Å². The fourth-order valence-electron chi connectivity index (χ4n) is 0.754. The van der Waals surface area contributed by atoms with Crippen molar-refractivity contribution in [1.29, 1.82) is 0 Å². The van der Waals surface area contributed by atoms with Gasteiger partial charge in [0.15, 0.2) is 11.6 Å². The van der Waals surface area contributed by atoms with Crippen molar-refractivity contribution >= 4 is 15.9 Å². The first-order chi connectivity index (χ1) is 5.52. The van der Waals surface area contributed by atoms with E-state index in [4.69, 9.17) is 5.11 Å². The molecule has 1 rings (SSSR count). The molecule has 0 aliphatic carbocycles. The lowest BCUT2D eigenvalue weighted by molar-refractivity contribution is 0.145. The fourth-order valence-corrected chi connectivity index (χ4v) is 1.22. The minimum atomic E-state index is -2.92. The number of rotatable bonds is 1. The first kappa shape index (κ1) is 9.38. The molecule has 0 saturated carbocycles. The number of halogens is 4. The standard InChI is InChI=1S/C7H4BrF3O/c8-3-1-4(7(10)11)6(9)5(12)2-3/h1-2,7,12H. The Hall–Kier alpha value is -0.710. The average Bonchev–Trinajstić information content (AvgIpc) is 1.96. The zero-order chi connectivity index (χ0) is 9.30. The Bertz CT molecular complexity index is 301. The van der Waals surface area contributed by atoms with E-state index in [-0.39, 0.29) is 4.47 Å². The second kappa shape index (κ2) is 3.35. The van der Waals surface area contributed by atoms with Crippen LogP contribution >= 0.6 is 15.9 Å². The summed E-state index contributed by atoms with van der Waals surface area (Å²) in [7, 11) is 0. The SMILES string of the molecule is Oc1cc(Br)cc(C(F)F)c1F. The highest BCUT2D eigenvalue weighted by Gasteiger charge is 2.17. The predicted molar refractivity (Wildman–Crippen MR) is 40.7 cm³/mol. The van der Waals surface area contributed by atoms with Gasteiger partial charge in [0.25, 0.3) is 6.43 Å². The van der Waals surface area contributed by atoms with E-state index in [2.05, 4.69) is 15.9 Å². The van der Waals surface area contributed by atoms with Gasteiger partial charge in [0, 0.05) is 4.47 Å². The molecule has 66 valence electrons. The van der Waals surface area contributed by atoms with E-state index < -0.39 is 23.6 Å². The first-order valence-electron chi connectivity index (χ1n) is 2.98. The summed E-state index contributed by atoms with van der Waals surface area (Å²) >= 11 is 2.86. The van der Waals surface area contributed by atoms with Crippen molar-refractivity contribution in [3.05, 3.63) is 28.0 Å². The lowest BCUT2D eigenvalue weighted by Gasteiger charge is -2.03. The van der Waals surface area contributed by atoms with Crippen LogP contribution in [-0.2, 0) is 0 Å². The van der Waals surface area contributed by atoms with Gasteiger partial charge < -0.3 is 5.11 Å². The lowest BCUT2D eigenvalue weighted by Crippen LogP contribution is -1.90. The van der Waals surface area contributed by atoms with Gasteiger partial charge in [-0.05, 0) is 12.1 Å². The van der Waals surface area contributed by atoms with Crippen molar-refractivity contribution in [1.82, 2.24) is 0 Å². The summed E-state index contributed by atoms with van der Waals surface area (Å²) in [4.78, 5) is 0. The molecule has 1 nitrogen and oxygen atoms in total. The number of phenolic OH excluding ortho intramolecular Hbond substituents is 1. The van der Waals surface area contributed by atoms with Crippen LogP contribution in [0.4, 0.5) is 13.2 Å². The topological polar surface area (TPSA) is 20.2 Å². The number of hydrogen-bond acceptors (Lipinski definition) is 1. The van der Waals surface area contributed by atoms with E-state index in [9.17, 15) is 13.2 Å². The Morgan fingerprint density at radius 1 is 1.33 bits per heavy atom. The van der Waals surface area contributed by atoms with Gasteiger partial charge in [0.05, 0.1) is 5.56 Å². The molecule has 1 aromatic carbocycles. The van der Waals surface area contributed by atoms with Crippen LogP contribution in [0.3, 0.4) is 0 Å². The summed E-state index contributed by atoms with van der Waals surface area (Å²) in [5, 5.41) is 8.79. The fraction of sp³-hybridized carbons (Fsp3) is 0.143. The van der Waals surface area contributed by atoms with Crippen LogP contribution in [0.1, 0.15) is 12.0 Å². The Labute approximate surface area is 75.0 Å². The van der Waals surface area contributed by atoms with Crippen LogP contribution in [0.15, 0.2) is 16.6 Å². The monoisotopic (exact) mass is 240 g/mol. The molecule has 1 aromatic rings. The van der Waals surface area contributed by atoms with Gasteiger partial charge in [-0.25, -0.2) is 13.2 Å². The molecule has 0 bridgehead atoms. The third-order valence-corrected chi connectivity index (χ3v) is 1.74. The van der Waals surface area contributed by atoms with Crippen molar-refractivity contribution in [3.8, 4) is 5.75 Å². The maximum atomic E-state index is 12.7. The van der Waals surface area contributed by atoms with Gasteiger partial charge in [0.1, 0.15) is 0 Å². The molecular formula is C7H4BrF3O. The number of aromatic hydroxyl groups is 1. The summed E-state index contributed by atoms with van der Waals surface area (Å²) in [5.74, 6) is -2.05. The van der Waals surface area contributed by atoms with Crippen molar-refractivity contribution in [3.63, 3.8) is 0 Å². The highest BCUT2D eigenvalue weighted by Crippen LogP contribution is 2.31. The van der Waals surface area contributed by atoms with Crippen LogP contribution in [0, 0.1) is 5.82 Å². The van der Waals surface area contributed by atoms with E-state index in [1.807, 2.05) is 0 Å². The minimum Gasteiger partial charge on any atom is -0.505 e. The van der Waals surface area contributed by atoms with Gasteiger partial charge in [0.2, 0.25) is 0 Å². The predicted octanol–water partition coefficient (Wildman–Crippen LogP) is 3.23. The maximum Gasteiger partial charge on any atom is 0.266 e. The number of alkyl halides is 2. The minimum absolute atomic E-state index is 0.219. The Kier molecular flexibility index (Phi) is 2.62. The molecule has 12 heavy (non-hydrogen) atoms. The molecule has 0 unspecified atom stereocenters. The zero-order valence-electron chi connectivity index (χ0n) is 5.69. The second-order valence-electron chi connectivity index (χ2n) is 2.13. The third kappa shape index (κ3) is 1.72. The van der Waals surface area contributed by atoms with E-state index in [0.717, 1.165) is 12.1 Å². The van der Waals surface area contributed by atoms with Crippen LogP contribution in [0.2, 0.25) is 0 Å². The highest BCUT2D eigenvalue weighted by atomic mass is 79.9. The van der Waals surface area contributed by atoms with Crippen LogP contribution in [0.5, 0.6) is 5.75 Å². The van der Waals surface area contributed by atoms with E-state index in [0.29, 0.717) is 0 Å². The molecule has 0 aliphatic rings. The molecule has 0 aliphatic heterocycles. The Morgan fingerprint density at radius 2 is 1.92 bits per heavy atom. The maximum absolute atomic E-state index is 12.7. The molecule has 0 saturated heterocycles. The normalized spacial score (nSPS) is 10.8. The summed E-state index contributed by atoms with van der Waals surface area (Å²) in [6.45, 7) is 0. The van der Waals surface area contributed by atoms with Crippen LogP contribution < -0.4 is 0 Å². The Morgan fingerprint density at radius 3 is 2.42 bits per heavy atom. The molecule has 1 N–H and O–H groups in total. The van der Waals surface area contributed by atoms with Crippen molar-refractivity contribution in [2.24, 2.45) is 0 Å². The molecule has 0 atom stereocenters. The van der Waals surface area contributed by atoms with Gasteiger partial charge in [-0.1, -0.05) is 15.9 Å². The lowest BCUT2D eigenvalue weighted by atomic mass is 10.2. The van der Waals surface area contributed by atoms with E-state index in [1.54, 1.807) is 0 Å². The number of phenols is 1. The largest absolute Gasteiger partial charge is 0.505 e. The smallest absolute Gasteiger partial charge is 0.266 e. The molecule has 0 heterocycles. The molecule has 0 amide bonds. The zero-order valence-corrected chi connectivity index (χ0v) is 7.28. The van der Waals surface area contributed by atoms with E-state index in [1.165, 1.54) is 0 Å². The van der Waals surface area contributed by atoms with Crippen LogP contribution in [-0.4, -0.2) is 5.11 Å². The van der Waals surface area contributed by atoms with Crippen molar-refractivity contribution < 1.29 is 18.3 Å². The molecule has 0 aromatic heterocycles. The average molecular weight is 241 g/mol. The first-order valence-corrected chi connectivity index (χ1v) is 3.77. The molecule has 0 fully saturated rings. The summed E-state index contributed by atoms with van der Waals surface area (Å²) in [6.07, 6.45) is -2.92. The van der Waals surface area contributed by atoms with Crippen molar-refractivity contribution in [2.45, 2.75) is 6.43 Å². The van der Waals surface area contributed by atoms with Gasteiger partial charge >= 0.3 is 0 Å².